The van der Waals surface area contributed by atoms with Gasteiger partial charge in [0.1, 0.15) is 5.69 Å². The lowest BCUT2D eigenvalue weighted by Gasteiger charge is -2.33. The van der Waals surface area contributed by atoms with E-state index in [1.807, 2.05) is 38.1 Å². The molecule has 1 fully saturated rings. The molecule has 2 aromatic rings. The number of anilines is 1. The molecule has 1 amide bonds. The number of nitrogens with one attached hydrogen (secondary N) is 1. The number of rotatable bonds is 5. The molecule has 1 heterocycles. The molecular weight excluding hydrogens is 411 g/mol. The maximum Gasteiger partial charge on any atom is 0.416 e. The van der Waals surface area contributed by atoms with E-state index in [4.69, 9.17) is 0 Å². The van der Waals surface area contributed by atoms with E-state index in [1.165, 1.54) is 0 Å². The van der Waals surface area contributed by atoms with Gasteiger partial charge in [-0.15, -0.1) is 0 Å². The van der Waals surface area contributed by atoms with Gasteiger partial charge in [0.25, 0.3) is 5.69 Å². The summed E-state index contributed by atoms with van der Waals surface area (Å²) in [5.41, 5.74) is 0.631. The fourth-order valence-electron chi connectivity index (χ4n) is 3.98. The summed E-state index contributed by atoms with van der Waals surface area (Å²) < 4.78 is 38.7. The van der Waals surface area contributed by atoms with Gasteiger partial charge < -0.3 is 10.2 Å². The molecule has 0 bridgehead atoms. The number of carbonyl (C=O) groups is 1. The number of nitro benzene ring substituents is 1. The maximum atomic E-state index is 12.9. The largest absolute Gasteiger partial charge is 0.416 e. The van der Waals surface area contributed by atoms with E-state index in [1.54, 1.807) is 4.90 Å². The van der Waals surface area contributed by atoms with Crippen LogP contribution in [-0.2, 0) is 11.0 Å². The third kappa shape index (κ3) is 5.15. The monoisotopic (exact) mass is 435 g/mol. The minimum Gasteiger partial charge on any atom is -0.366 e. The second-order valence-electron chi connectivity index (χ2n) is 7.81. The molecule has 1 saturated heterocycles. The van der Waals surface area contributed by atoms with Crippen molar-refractivity contribution in [3.05, 3.63) is 69.3 Å². The van der Waals surface area contributed by atoms with Gasteiger partial charge in [-0.2, -0.15) is 13.2 Å². The lowest BCUT2D eigenvalue weighted by Crippen LogP contribution is -2.41. The summed E-state index contributed by atoms with van der Waals surface area (Å²) in [4.78, 5) is 24.9. The summed E-state index contributed by atoms with van der Waals surface area (Å²) >= 11 is 0. The molecule has 0 radical (unpaired) electrons. The fraction of sp³-hybridized carbons (Fsp3) is 0.409. The number of nitro groups is 1. The van der Waals surface area contributed by atoms with Crippen molar-refractivity contribution in [3.63, 3.8) is 0 Å². The van der Waals surface area contributed by atoms with Gasteiger partial charge in [-0.3, -0.25) is 14.9 Å². The van der Waals surface area contributed by atoms with Crippen LogP contribution in [0.1, 0.15) is 42.5 Å². The average molecular weight is 435 g/mol. The SMILES string of the molecule is Cc1ccccc1[C@H](C)NC(=O)C1CCN(c2ccc(C(F)(F)F)cc2[N+](=O)[O-])CC1. The van der Waals surface area contributed by atoms with Gasteiger partial charge in [-0.25, -0.2) is 0 Å². The lowest BCUT2D eigenvalue weighted by atomic mass is 9.94. The smallest absolute Gasteiger partial charge is 0.366 e. The first kappa shape index (κ1) is 22.6. The average Bonchev–Trinajstić information content (AvgIpc) is 2.73. The molecule has 31 heavy (non-hydrogen) atoms. The number of amides is 1. The summed E-state index contributed by atoms with van der Waals surface area (Å²) in [6.45, 7) is 4.60. The van der Waals surface area contributed by atoms with Crippen molar-refractivity contribution >= 4 is 17.3 Å². The van der Waals surface area contributed by atoms with Crippen LogP contribution in [-0.4, -0.2) is 23.9 Å². The first-order valence-electron chi connectivity index (χ1n) is 10.0. The highest BCUT2D eigenvalue weighted by molar-refractivity contribution is 5.79. The van der Waals surface area contributed by atoms with Gasteiger partial charge in [0.05, 0.1) is 16.5 Å². The highest BCUT2D eigenvalue weighted by atomic mass is 19.4. The van der Waals surface area contributed by atoms with Gasteiger partial charge in [-0.05, 0) is 49.9 Å². The summed E-state index contributed by atoms with van der Waals surface area (Å²) in [7, 11) is 0. The predicted octanol–water partition coefficient (Wildman–Crippen LogP) is 5.02. The highest BCUT2D eigenvalue weighted by Gasteiger charge is 2.35. The van der Waals surface area contributed by atoms with Crippen LogP contribution >= 0.6 is 0 Å². The zero-order valence-electron chi connectivity index (χ0n) is 17.3. The molecule has 1 aliphatic heterocycles. The van der Waals surface area contributed by atoms with Crippen molar-refractivity contribution in [1.82, 2.24) is 5.32 Å². The summed E-state index contributed by atoms with van der Waals surface area (Å²) in [5.74, 6) is -0.339. The van der Waals surface area contributed by atoms with Crippen molar-refractivity contribution < 1.29 is 22.9 Å². The molecule has 0 saturated carbocycles. The fourth-order valence-corrected chi connectivity index (χ4v) is 3.98. The molecular formula is C22H24F3N3O3. The zero-order valence-corrected chi connectivity index (χ0v) is 17.3. The Hall–Kier alpha value is -3.10. The van der Waals surface area contributed by atoms with E-state index in [0.717, 1.165) is 23.3 Å². The van der Waals surface area contributed by atoms with E-state index in [0.29, 0.717) is 32.0 Å². The van der Waals surface area contributed by atoms with Crippen LogP contribution in [0.5, 0.6) is 0 Å². The second-order valence-corrected chi connectivity index (χ2v) is 7.81. The zero-order chi connectivity index (χ0) is 22.8. The van der Waals surface area contributed by atoms with Crippen LogP contribution in [0.25, 0.3) is 0 Å². The van der Waals surface area contributed by atoms with Gasteiger partial charge >= 0.3 is 6.18 Å². The Morgan fingerprint density at radius 2 is 1.84 bits per heavy atom. The van der Waals surface area contributed by atoms with Crippen LogP contribution in [0.15, 0.2) is 42.5 Å². The topological polar surface area (TPSA) is 75.5 Å². The van der Waals surface area contributed by atoms with Gasteiger partial charge in [0.2, 0.25) is 5.91 Å². The minimum absolute atomic E-state index is 0.0858. The van der Waals surface area contributed by atoms with Crippen LogP contribution < -0.4 is 10.2 Å². The third-order valence-corrected chi connectivity index (χ3v) is 5.72. The first-order chi connectivity index (χ1) is 14.6. The number of piperidine rings is 1. The number of halogens is 3. The van der Waals surface area contributed by atoms with Crippen molar-refractivity contribution in [2.45, 2.75) is 38.9 Å². The summed E-state index contributed by atoms with van der Waals surface area (Å²) in [5, 5.41) is 14.4. The van der Waals surface area contributed by atoms with E-state index in [2.05, 4.69) is 5.32 Å². The Kier molecular flexibility index (Phi) is 6.52. The molecule has 166 valence electrons. The van der Waals surface area contributed by atoms with Crippen LogP contribution in [0.3, 0.4) is 0 Å². The van der Waals surface area contributed by atoms with E-state index >= 15 is 0 Å². The Balaban J connectivity index is 1.66. The Morgan fingerprint density at radius 1 is 1.19 bits per heavy atom. The van der Waals surface area contributed by atoms with E-state index in [-0.39, 0.29) is 23.6 Å². The summed E-state index contributed by atoms with van der Waals surface area (Å²) in [6.07, 6.45) is -3.73. The normalized spacial score (nSPS) is 16.1. The van der Waals surface area contributed by atoms with Crippen LogP contribution in [0, 0.1) is 23.0 Å². The molecule has 1 aliphatic rings. The first-order valence-corrected chi connectivity index (χ1v) is 10.0. The van der Waals surface area contributed by atoms with Gasteiger partial charge in [-0.1, -0.05) is 24.3 Å². The molecule has 3 rings (SSSR count). The Bertz CT molecular complexity index is 970. The molecule has 2 aromatic carbocycles. The number of benzene rings is 2. The minimum atomic E-state index is -4.65. The molecule has 0 aliphatic carbocycles. The van der Waals surface area contributed by atoms with Crippen molar-refractivity contribution in [2.24, 2.45) is 5.92 Å². The van der Waals surface area contributed by atoms with Crippen molar-refractivity contribution in [3.8, 4) is 0 Å². The van der Waals surface area contributed by atoms with E-state index < -0.39 is 22.4 Å². The highest BCUT2D eigenvalue weighted by Crippen LogP contribution is 2.37. The summed E-state index contributed by atoms with van der Waals surface area (Å²) in [6, 6.07) is 10.2. The third-order valence-electron chi connectivity index (χ3n) is 5.72. The van der Waals surface area contributed by atoms with Gasteiger partial charge in [0, 0.05) is 25.1 Å². The number of hydrogen-bond acceptors (Lipinski definition) is 4. The number of alkyl halides is 3. The molecule has 1 N–H and O–H groups in total. The molecule has 0 unspecified atom stereocenters. The van der Waals surface area contributed by atoms with Crippen molar-refractivity contribution in [2.75, 3.05) is 18.0 Å². The quantitative estimate of drug-likeness (QED) is 0.529. The molecule has 9 heteroatoms. The number of aryl methyl sites for hydroxylation is 1. The molecule has 0 aromatic heterocycles. The maximum absolute atomic E-state index is 12.9. The Morgan fingerprint density at radius 3 is 2.42 bits per heavy atom. The van der Waals surface area contributed by atoms with Crippen LogP contribution in [0.2, 0.25) is 0 Å². The molecule has 1 atom stereocenters. The number of carbonyl (C=O) groups excluding carboxylic acids is 1. The molecule has 0 spiro atoms. The molecule has 6 nitrogen and oxygen atoms in total. The van der Waals surface area contributed by atoms with Gasteiger partial charge in [0.15, 0.2) is 0 Å². The van der Waals surface area contributed by atoms with Crippen LogP contribution in [0.4, 0.5) is 24.5 Å². The number of hydrogen-bond donors (Lipinski definition) is 1. The predicted molar refractivity (Wildman–Crippen MR) is 111 cm³/mol. The van der Waals surface area contributed by atoms with Crippen molar-refractivity contribution in [1.29, 1.82) is 0 Å². The lowest BCUT2D eigenvalue weighted by molar-refractivity contribution is -0.384. The Labute approximate surface area is 178 Å². The van der Waals surface area contributed by atoms with E-state index in [9.17, 15) is 28.1 Å². The second kappa shape index (κ2) is 8.95. The standard InChI is InChI=1S/C22H24F3N3O3/c1-14-5-3-4-6-18(14)15(2)26-21(29)16-9-11-27(12-10-16)19-8-7-17(22(23,24)25)13-20(19)28(30)31/h3-8,13,15-16H,9-12H2,1-2H3,(H,26,29)/t15-/m0/s1. The number of nitrogens with zero attached hydrogens (tertiary/aromatic N) is 2.